The van der Waals surface area contributed by atoms with Crippen molar-refractivity contribution in [3.63, 3.8) is 0 Å². The van der Waals surface area contributed by atoms with Crippen LogP contribution in [-0.4, -0.2) is 23.4 Å². The van der Waals surface area contributed by atoms with E-state index in [4.69, 9.17) is 9.26 Å². The van der Waals surface area contributed by atoms with Gasteiger partial charge in [-0.05, 0) is 31.5 Å². The van der Waals surface area contributed by atoms with Crippen LogP contribution in [0.15, 0.2) is 70.4 Å². The second-order valence-electron chi connectivity index (χ2n) is 5.76. The number of ether oxygens (including phenoxy) is 1. The maximum absolute atomic E-state index is 12.0. The van der Waals surface area contributed by atoms with Gasteiger partial charge in [0.25, 0.3) is 5.91 Å². The Balaban J connectivity index is 1.60. The minimum Gasteiger partial charge on any atom is -0.483 e. The van der Waals surface area contributed by atoms with Crippen molar-refractivity contribution < 1.29 is 14.1 Å². The Morgan fingerprint density at radius 3 is 2.65 bits per heavy atom. The van der Waals surface area contributed by atoms with Crippen LogP contribution < -0.4 is 10.2 Å². The van der Waals surface area contributed by atoms with Crippen molar-refractivity contribution in [2.24, 2.45) is 5.10 Å². The summed E-state index contributed by atoms with van der Waals surface area (Å²) in [5, 5.41) is 7.81. The predicted octanol–water partition coefficient (Wildman–Crippen LogP) is 3.57. The number of hydrogen-bond acceptors (Lipinski definition) is 5. The second-order valence-corrected chi connectivity index (χ2v) is 5.76. The minimum absolute atomic E-state index is 0.157. The van der Waals surface area contributed by atoms with E-state index < -0.39 is 0 Å². The van der Waals surface area contributed by atoms with Crippen molar-refractivity contribution in [1.29, 1.82) is 0 Å². The molecule has 0 fully saturated rings. The fourth-order valence-electron chi connectivity index (χ4n) is 2.33. The zero-order chi connectivity index (χ0) is 18.4. The third kappa shape index (κ3) is 4.36. The maximum Gasteiger partial charge on any atom is 0.277 e. The Labute approximate surface area is 151 Å². The number of nitrogens with zero attached hydrogens (tertiary/aromatic N) is 2. The quantitative estimate of drug-likeness (QED) is 0.545. The third-order valence-electron chi connectivity index (χ3n) is 3.77. The Morgan fingerprint density at radius 2 is 1.92 bits per heavy atom. The molecular weight excluding hydrogens is 330 g/mol. The van der Waals surface area contributed by atoms with E-state index in [0.29, 0.717) is 11.5 Å². The fourth-order valence-corrected chi connectivity index (χ4v) is 2.33. The van der Waals surface area contributed by atoms with Crippen LogP contribution in [0.3, 0.4) is 0 Å². The van der Waals surface area contributed by atoms with E-state index in [1.54, 1.807) is 18.3 Å². The first kappa shape index (κ1) is 17.4. The first-order chi connectivity index (χ1) is 12.6. The third-order valence-corrected chi connectivity index (χ3v) is 3.77. The summed E-state index contributed by atoms with van der Waals surface area (Å²) in [4.78, 5) is 12.0. The molecule has 1 amide bonds. The molecule has 0 aliphatic carbocycles. The van der Waals surface area contributed by atoms with Crippen molar-refractivity contribution in [3.05, 3.63) is 71.9 Å². The normalized spacial score (nSPS) is 11.2. The van der Waals surface area contributed by atoms with Gasteiger partial charge in [0.15, 0.2) is 12.4 Å². The van der Waals surface area contributed by atoms with E-state index in [0.717, 1.165) is 16.8 Å². The summed E-state index contributed by atoms with van der Waals surface area (Å²) in [6.07, 6.45) is 1.56. The number of carbonyl (C=O) groups is 1. The zero-order valence-corrected chi connectivity index (χ0v) is 14.6. The van der Waals surface area contributed by atoms with Gasteiger partial charge in [-0.1, -0.05) is 47.1 Å². The van der Waals surface area contributed by atoms with Crippen LogP contribution in [-0.2, 0) is 4.79 Å². The van der Waals surface area contributed by atoms with Gasteiger partial charge in [-0.2, -0.15) is 5.10 Å². The van der Waals surface area contributed by atoms with Crippen molar-refractivity contribution in [3.8, 4) is 17.1 Å². The minimum atomic E-state index is -0.344. The monoisotopic (exact) mass is 349 g/mol. The summed E-state index contributed by atoms with van der Waals surface area (Å²) in [5.74, 6) is 0.775. The van der Waals surface area contributed by atoms with Crippen LogP contribution in [0.25, 0.3) is 11.3 Å². The lowest BCUT2D eigenvalue weighted by molar-refractivity contribution is -0.123. The van der Waals surface area contributed by atoms with Crippen LogP contribution in [0.5, 0.6) is 5.75 Å². The maximum atomic E-state index is 12.0. The van der Waals surface area contributed by atoms with Crippen molar-refractivity contribution in [1.82, 2.24) is 10.6 Å². The number of para-hydroxylation sites is 1. The predicted molar refractivity (Wildman–Crippen MR) is 99.0 cm³/mol. The summed E-state index contributed by atoms with van der Waals surface area (Å²) in [5.41, 5.74) is 6.09. The summed E-state index contributed by atoms with van der Waals surface area (Å²) in [6.45, 7) is 3.70. The molecule has 0 atom stereocenters. The van der Waals surface area contributed by atoms with Gasteiger partial charge in [-0.25, -0.2) is 5.43 Å². The number of rotatable bonds is 6. The zero-order valence-electron chi connectivity index (χ0n) is 14.6. The number of aryl methyl sites for hydroxylation is 1. The molecular formula is C20H19N3O3. The molecule has 0 bridgehead atoms. The molecule has 3 aromatic rings. The van der Waals surface area contributed by atoms with Crippen LogP contribution in [0.2, 0.25) is 0 Å². The van der Waals surface area contributed by atoms with E-state index in [2.05, 4.69) is 15.7 Å². The van der Waals surface area contributed by atoms with E-state index in [9.17, 15) is 4.79 Å². The average molecular weight is 349 g/mol. The number of carbonyl (C=O) groups excluding carboxylic acids is 1. The lowest BCUT2D eigenvalue weighted by Crippen LogP contribution is -2.25. The Kier molecular flexibility index (Phi) is 5.43. The lowest BCUT2D eigenvalue weighted by Gasteiger charge is -2.09. The molecule has 1 N–H and O–H groups in total. The van der Waals surface area contributed by atoms with E-state index in [-0.39, 0.29) is 12.5 Å². The van der Waals surface area contributed by atoms with Crippen molar-refractivity contribution in [2.75, 3.05) is 6.61 Å². The summed E-state index contributed by atoms with van der Waals surface area (Å²) in [6, 6.07) is 17.0. The number of hydrogen-bond donors (Lipinski definition) is 1. The SMILES string of the molecule is C/C(=N\NC(=O)COc1ccccc1-c1ccno1)c1ccc(C)cc1. The molecule has 0 saturated heterocycles. The molecule has 0 saturated carbocycles. The molecule has 26 heavy (non-hydrogen) atoms. The van der Waals surface area contributed by atoms with Gasteiger partial charge < -0.3 is 9.26 Å². The molecule has 2 aromatic carbocycles. The lowest BCUT2D eigenvalue weighted by atomic mass is 10.1. The molecule has 3 rings (SSSR count). The Bertz CT molecular complexity index is 900. The number of nitrogens with one attached hydrogen (secondary N) is 1. The molecule has 1 aromatic heterocycles. The van der Waals surface area contributed by atoms with Crippen molar-refractivity contribution >= 4 is 11.6 Å². The molecule has 6 nitrogen and oxygen atoms in total. The highest BCUT2D eigenvalue weighted by Gasteiger charge is 2.10. The first-order valence-corrected chi connectivity index (χ1v) is 8.16. The standard InChI is InChI=1S/C20H19N3O3/c1-14-7-9-16(10-8-14)15(2)22-23-20(24)13-25-18-6-4-3-5-17(18)19-11-12-21-26-19/h3-12H,13H2,1-2H3,(H,23,24)/b22-15+. The molecule has 0 aliphatic heterocycles. The Morgan fingerprint density at radius 1 is 1.15 bits per heavy atom. The van der Waals surface area contributed by atoms with Gasteiger partial charge in [0.2, 0.25) is 0 Å². The van der Waals surface area contributed by atoms with Crippen molar-refractivity contribution in [2.45, 2.75) is 13.8 Å². The Hall–Kier alpha value is -3.41. The van der Waals surface area contributed by atoms with E-state index in [1.807, 2.05) is 56.3 Å². The largest absolute Gasteiger partial charge is 0.483 e. The topological polar surface area (TPSA) is 76.7 Å². The average Bonchev–Trinajstić information content (AvgIpc) is 3.20. The van der Waals surface area contributed by atoms with E-state index in [1.165, 1.54) is 5.56 Å². The summed E-state index contributed by atoms with van der Waals surface area (Å²) < 4.78 is 10.8. The van der Waals surface area contributed by atoms with Crippen LogP contribution in [0.4, 0.5) is 0 Å². The smallest absolute Gasteiger partial charge is 0.277 e. The number of amides is 1. The second kappa shape index (κ2) is 8.11. The fraction of sp³-hybridized carbons (Fsp3) is 0.150. The van der Waals surface area contributed by atoms with Gasteiger partial charge >= 0.3 is 0 Å². The van der Waals surface area contributed by atoms with Gasteiger partial charge in [0.05, 0.1) is 17.5 Å². The molecule has 0 radical (unpaired) electrons. The highest BCUT2D eigenvalue weighted by atomic mass is 16.5. The first-order valence-electron chi connectivity index (χ1n) is 8.16. The number of benzene rings is 2. The molecule has 1 heterocycles. The summed E-state index contributed by atoms with van der Waals surface area (Å²) >= 11 is 0. The summed E-state index contributed by atoms with van der Waals surface area (Å²) in [7, 11) is 0. The molecule has 0 spiro atoms. The van der Waals surface area contributed by atoms with Gasteiger partial charge in [0.1, 0.15) is 5.75 Å². The molecule has 6 heteroatoms. The van der Waals surface area contributed by atoms with Crippen LogP contribution in [0.1, 0.15) is 18.1 Å². The van der Waals surface area contributed by atoms with Gasteiger partial charge in [0, 0.05) is 6.07 Å². The van der Waals surface area contributed by atoms with Crippen LogP contribution >= 0.6 is 0 Å². The number of aromatic nitrogens is 1. The highest BCUT2D eigenvalue weighted by Crippen LogP contribution is 2.29. The van der Waals surface area contributed by atoms with Gasteiger partial charge in [-0.3, -0.25) is 4.79 Å². The van der Waals surface area contributed by atoms with E-state index >= 15 is 0 Å². The van der Waals surface area contributed by atoms with Gasteiger partial charge in [-0.15, -0.1) is 0 Å². The molecule has 0 unspecified atom stereocenters. The number of hydrazone groups is 1. The molecule has 132 valence electrons. The highest BCUT2D eigenvalue weighted by molar-refractivity contribution is 5.99. The molecule has 0 aliphatic rings. The van der Waals surface area contributed by atoms with Crippen LogP contribution in [0, 0.1) is 6.92 Å².